The number of nitrogens with zero attached hydrogens (tertiary/aromatic N) is 3. The predicted molar refractivity (Wildman–Crippen MR) is 119 cm³/mol. The van der Waals surface area contributed by atoms with Crippen molar-refractivity contribution in [1.29, 1.82) is 0 Å². The highest BCUT2D eigenvalue weighted by atomic mass is 19.1. The maximum absolute atomic E-state index is 14.6. The van der Waals surface area contributed by atoms with Gasteiger partial charge in [-0.25, -0.2) is 13.9 Å². The van der Waals surface area contributed by atoms with Gasteiger partial charge in [0.05, 0.1) is 18.0 Å². The molecule has 1 amide bonds. The monoisotopic (exact) mass is 448 g/mol. The van der Waals surface area contributed by atoms with Crippen molar-refractivity contribution in [2.24, 2.45) is 0 Å². The Bertz CT molecular complexity index is 1320. The normalized spacial score (nSPS) is 10.8. The molecule has 0 saturated heterocycles. The zero-order valence-corrected chi connectivity index (χ0v) is 18.3. The molecule has 0 aliphatic rings. The molecule has 0 unspecified atom stereocenters. The van der Waals surface area contributed by atoms with Crippen molar-refractivity contribution in [3.8, 4) is 16.9 Å². The first-order chi connectivity index (χ1) is 15.9. The number of aryl methyl sites for hydroxylation is 2. The summed E-state index contributed by atoms with van der Waals surface area (Å²) in [5.74, 6) is -1.06. The number of amides is 1. The number of para-hydroxylation sites is 1. The maximum Gasteiger partial charge on any atom is 0.358 e. The van der Waals surface area contributed by atoms with Crippen molar-refractivity contribution in [2.75, 3.05) is 11.9 Å². The van der Waals surface area contributed by atoms with Crippen molar-refractivity contribution < 1.29 is 23.2 Å². The van der Waals surface area contributed by atoms with Crippen molar-refractivity contribution in [3.63, 3.8) is 0 Å². The standard InChI is InChI=1S/C24H21FN4O4/c1-4-32-24(31)19-13-21(29(27-19)20-11-6-5-10-18(20)25)16-8-7-9-17(12-16)26-23(30)22-14(2)28-33-15(22)3/h5-13H,4H2,1-3H3,(H,26,30). The van der Waals surface area contributed by atoms with Crippen LogP contribution in [-0.2, 0) is 4.74 Å². The first kappa shape index (κ1) is 21.9. The van der Waals surface area contributed by atoms with Crippen LogP contribution in [0.1, 0.15) is 39.2 Å². The first-order valence-corrected chi connectivity index (χ1v) is 10.3. The molecule has 0 bridgehead atoms. The number of hydrogen-bond acceptors (Lipinski definition) is 6. The number of anilines is 1. The lowest BCUT2D eigenvalue weighted by Crippen LogP contribution is -2.13. The van der Waals surface area contributed by atoms with Crippen LogP contribution in [0, 0.1) is 19.7 Å². The van der Waals surface area contributed by atoms with Gasteiger partial charge < -0.3 is 14.6 Å². The van der Waals surface area contributed by atoms with E-state index >= 15 is 0 Å². The van der Waals surface area contributed by atoms with Crippen LogP contribution in [0.2, 0.25) is 0 Å². The van der Waals surface area contributed by atoms with Crippen LogP contribution in [-0.4, -0.2) is 33.4 Å². The zero-order valence-electron chi connectivity index (χ0n) is 18.3. The summed E-state index contributed by atoms with van der Waals surface area (Å²) in [6.45, 7) is 5.22. The van der Waals surface area contributed by atoms with E-state index in [4.69, 9.17) is 9.26 Å². The Labute approximate surface area is 189 Å². The third kappa shape index (κ3) is 4.38. The molecular formula is C24H21FN4O4. The number of nitrogens with one attached hydrogen (secondary N) is 1. The Morgan fingerprint density at radius 3 is 2.61 bits per heavy atom. The molecular weight excluding hydrogens is 427 g/mol. The van der Waals surface area contributed by atoms with Crippen LogP contribution in [0.5, 0.6) is 0 Å². The van der Waals surface area contributed by atoms with Gasteiger partial charge in [0.2, 0.25) is 0 Å². The maximum atomic E-state index is 14.6. The second kappa shape index (κ2) is 9.07. The molecule has 0 saturated carbocycles. The van der Waals surface area contributed by atoms with Crippen LogP contribution < -0.4 is 5.32 Å². The molecule has 2 aromatic carbocycles. The lowest BCUT2D eigenvalue weighted by atomic mass is 10.1. The van der Waals surface area contributed by atoms with E-state index in [2.05, 4.69) is 15.6 Å². The highest BCUT2D eigenvalue weighted by molar-refractivity contribution is 6.05. The quantitative estimate of drug-likeness (QED) is 0.429. The first-order valence-electron chi connectivity index (χ1n) is 10.3. The van der Waals surface area contributed by atoms with Gasteiger partial charge in [0.1, 0.15) is 22.8 Å². The van der Waals surface area contributed by atoms with Crippen LogP contribution in [0.4, 0.5) is 10.1 Å². The van der Waals surface area contributed by atoms with E-state index in [1.165, 1.54) is 16.8 Å². The molecule has 1 N–H and O–H groups in total. The molecule has 33 heavy (non-hydrogen) atoms. The number of esters is 1. The van der Waals surface area contributed by atoms with E-state index in [1.54, 1.807) is 63.2 Å². The van der Waals surface area contributed by atoms with Gasteiger partial charge in [-0.2, -0.15) is 5.10 Å². The summed E-state index contributed by atoms with van der Waals surface area (Å²) in [6, 6.07) is 14.6. The minimum Gasteiger partial charge on any atom is -0.461 e. The topological polar surface area (TPSA) is 99.2 Å². The fourth-order valence-electron chi connectivity index (χ4n) is 3.46. The average molecular weight is 448 g/mol. The number of carbonyl (C=O) groups is 2. The lowest BCUT2D eigenvalue weighted by molar-refractivity contribution is 0.0518. The fraction of sp³-hybridized carbons (Fsp3) is 0.167. The third-order valence-electron chi connectivity index (χ3n) is 4.95. The number of carbonyl (C=O) groups excluding carboxylic acids is 2. The van der Waals surface area contributed by atoms with Gasteiger partial charge >= 0.3 is 5.97 Å². The van der Waals surface area contributed by atoms with Crippen molar-refractivity contribution in [1.82, 2.24) is 14.9 Å². The largest absolute Gasteiger partial charge is 0.461 e. The van der Waals surface area contributed by atoms with E-state index in [-0.39, 0.29) is 23.9 Å². The smallest absolute Gasteiger partial charge is 0.358 e. The Morgan fingerprint density at radius 1 is 1.12 bits per heavy atom. The molecule has 9 heteroatoms. The van der Waals surface area contributed by atoms with Crippen molar-refractivity contribution in [2.45, 2.75) is 20.8 Å². The summed E-state index contributed by atoms with van der Waals surface area (Å²) in [4.78, 5) is 25.0. The summed E-state index contributed by atoms with van der Waals surface area (Å²) < 4.78 is 26.0. The van der Waals surface area contributed by atoms with E-state index in [9.17, 15) is 14.0 Å². The molecule has 2 heterocycles. The number of aromatic nitrogens is 3. The van der Waals surface area contributed by atoms with Gasteiger partial charge in [0, 0.05) is 11.3 Å². The van der Waals surface area contributed by atoms with Crippen LogP contribution in [0.3, 0.4) is 0 Å². The SMILES string of the molecule is CCOC(=O)c1cc(-c2cccc(NC(=O)c3c(C)noc3C)c2)n(-c2ccccc2F)n1. The Hall–Kier alpha value is -4.27. The number of halogens is 1. The molecule has 0 radical (unpaired) electrons. The van der Waals surface area contributed by atoms with Crippen molar-refractivity contribution in [3.05, 3.63) is 83.1 Å². The molecule has 0 aliphatic carbocycles. The number of ether oxygens (including phenoxy) is 1. The number of rotatable bonds is 6. The highest BCUT2D eigenvalue weighted by Gasteiger charge is 2.21. The van der Waals surface area contributed by atoms with E-state index in [0.29, 0.717) is 34.0 Å². The number of hydrogen-bond donors (Lipinski definition) is 1. The van der Waals surface area contributed by atoms with Crippen LogP contribution >= 0.6 is 0 Å². The van der Waals surface area contributed by atoms with Crippen LogP contribution in [0.15, 0.2) is 59.1 Å². The number of benzene rings is 2. The van der Waals surface area contributed by atoms with E-state index in [1.807, 2.05) is 0 Å². The average Bonchev–Trinajstić information content (AvgIpc) is 3.38. The van der Waals surface area contributed by atoms with E-state index < -0.39 is 11.8 Å². The molecule has 0 atom stereocenters. The molecule has 2 aromatic heterocycles. The molecule has 0 aliphatic heterocycles. The summed E-state index contributed by atoms with van der Waals surface area (Å²) >= 11 is 0. The van der Waals surface area contributed by atoms with Crippen molar-refractivity contribution >= 4 is 17.6 Å². The zero-order chi connectivity index (χ0) is 23.5. The van der Waals surface area contributed by atoms with Gasteiger partial charge in [-0.1, -0.05) is 29.4 Å². The van der Waals surface area contributed by atoms with Gasteiger partial charge in [-0.05, 0) is 51.1 Å². The molecule has 4 aromatic rings. The third-order valence-corrected chi connectivity index (χ3v) is 4.95. The minimum absolute atomic E-state index is 0.0419. The van der Waals surface area contributed by atoms with Gasteiger partial charge in [0.15, 0.2) is 5.69 Å². The van der Waals surface area contributed by atoms with Gasteiger partial charge in [-0.3, -0.25) is 4.79 Å². The second-order valence-electron chi connectivity index (χ2n) is 7.23. The summed E-state index contributed by atoms with van der Waals surface area (Å²) in [7, 11) is 0. The van der Waals surface area contributed by atoms with Gasteiger partial charge in [0.25, 0.3) is 5.91 Å². The fourth-order valence-corrected chi connectivity index (χ4v) is 3.46. The summed E-state index contributed by atoms with van der Waals surface area (Å²) in [5, 5.41) is 10.9. The molecule has 0 fully saturated rings. The molecule has 4 rings (SSSR count). The lowest BCUT2D eigenvalue weighted by Gasteiger charge is -2.10. The molecule has 8 nitrogen and oxygen atoms in total. The second-order valence-corrected chi connectivity index (χ2v) is 7.23. The summed E-state index contributed by atoms with van der Waals surface area (Å²) in [6.07, 6.45) is 0. The Kier molecular flexibility index (Phi) is 6.03. The Balaban J connectivity index is 1.75. The molecule has 0 spiro atoms. The summed E-state index contributed by atoms with van der Waals surface area (Å²) in [5.41, 5.74) is 2.62. The minimum atomic E-state index is -0.614. The highest BCUT2D eigenvalue weighted by Crippen LogP contribution is 2.28. The Morgan fingerprint density at radius 2 is 1.91 bits per heavy atom. The predicted octanol–water partition coefficient (Wildman–Crippen LogP) is 4.71. The van der Waals surface area contributed by atoms with Crippen LogP contribution in [0.25, 0.3) is 16.9 Å². The van der Waals surface area contributed by atoms with E-state index in [0.717, 1.165) is 0 Å². The molecule has 168 valence electrons. The van der Waals surface area contributed by atoms with Gasteiger partial charge in [-0.15, -0.1) is 0 Å².